The summed E-state index contributed by atoms with van der Waals surface area (Å²) in [6.07, 6.45) is -5.48. The van der Waals surface area contributed by atoms with Crippen LogP contribution in [0.5, 0.6) is 0 Å². The average Bonchev–Trinajstić information content (AvgIpc) is 3.41. The Kier molecular flexibility index (Phi) is 8.43. The first kappa shape index (κ1) is 28.9. The summed E-state index contributed by atoms with van der Waals surface area (Å²) in [4.78, 5) is 39.7. The maximum Gasteiger partial charge on any atom is 0.490 e. The fourth-order valence-corrected chi connectivity index (χ4v) is 3.19. The zero-order chi connectivity index (χ0) is 29.1. The summed E-state index contributed by atoms with van der Waals surface area (Å²) in [6.45, 7) is 3.08. The molecule has 17 heteroatoms. The monoisotopic (exact) mass is 555 g/mol. The normalized spacial score (nSPS) is 17.6. The minimum atomic E-state index is -5.08. The number of aromatic nitrogens is 5. The number of benzene rings is 1. The van der Waals surface area contributed by atoms with Gasteiger partial charge in [-0.15, -0.1) is 10.2 Å². The van der Waals surface area contributed by atoms with Gasteiger partial charge in [-0.05, 0) is 43.3 Å². The van der Waals surface area contributed by atoms with Crippen LogP contribution in [0.3, 0.4) is 0 Å². The number of aliphatic carboxylic acids is 1. The van der Waals surface area contributed by atoms with Crippen LogP contribution in [0.25, 0.3) is 22.6 Å². The van der Waals surface area contributed by atoms with Crippen LogP contribution in [-0.2, 0) is 26.1 Å². The number of rotatable bonds is 5. The van der Waals surface area contributed by atoms with Crippen LogP contribution in [0.1, 0.15) is 13.8 Å². The third-order valence-electron chi connectivity index (χ3n) is 5.10. The van der Waals surface area contributed by atoms with E-state index in [-0.39, 0.29) is 5.69 Å². The number of alkyl halides is 3. The van der Waals surface area contributed by atoms with E-state index in [1.807, 2.05) is 0 Å². The Morgan fingerprint density at radius 2 is 1.90 bits per heavy atom. The molecule has 3 heterocycles. The van der Waals surface area contributed by atoms with Crippen molar-refractivity contribution in [3.8, 4) is 22.6 Å². The number of cyclic esters (lactones) is 1. The Morgan fingerprint density at radius 1 is 1.23 bits per heavy atom. The van der Waals surface area contributed by atoms with E-state index in [9.17, 15) is 27.2 Å². The smallest absolute Gasteiger partial charge is 0.475 e. The number of amides is 1. The van der Waals surface area contributed by atoms with E-state index in [0.717, 1.165) is 0 Å². The Balaban J connectivity index is 0.000000532. The van der Waals surface area contributed by atoms with Crippen molar-refractivity contribution in [3.05, 3.63) is 42.3 Å². The number of carbonyl (C=O) groups is 3. The topological polar surface area (TPSA) is 176 Å². The van der Waals surface area contributed by atoms with Crippen LogP contribution in [0.4, 0.5) is 28.0 Å². The van der Waals surface area contributed by atoms with Gasteiger partial charge >= 0.3 is 24.2 Å². The molecule has 0 bridgehead atoms. The van der Waals surface area contributed by atoms with Crippen LogP contribution in [0.15, 0.2) is 36.5 Å². The first-order chi connectivity index (χ1) is 18.2. The van der Waals surface area contributed by atoms with Crippen molar-refractivity contribution < 1.29 is 46.5 Å². The molecule has 3 N–H and O–H groups in total. The second-order valence-electron chi connectivity index (χ2n) is 8.09. The number of hydrogen-bond donors (Lipinski definition) is 2. The first-order valence-electron chi connectivity index (χ1n) is 11.0. The van der Waals surface area contributed by atoms with Gasteiger partial charge in [-0.3, -0.25) is 14.7 Å². The van der Waals surface area contributed by atoms with E-state index in [1.165, 1.54) is 34.9 Å². The predicted molar refractivity (Wildman–Crippen MR) is 123 cm³/mol. The molecule has 1 unspecified atom stereocenters. The fourth-order valence-electron chi connectivity index (χ4n) is 3.19. The van der Waals surface area contributed by atoms with Crippen LogP contribution < -0.4 is 10.6 Å². The third kappa shape index (κ3) is 6.81. The summed E-state index contributed by atoms with van der Waals surface area (Å²) in [5.74, 6) is -3.67. The number of halogens is 4. The van der Waals surface area contributed by atoms with Gasteiger partial charge in [-0.2, -0.15) is 18.0 Å². The van der Waals surface area contributed by atoms with Gasteiger partial charge < -0.3 is 20.3 Å². The number of carbonyl (C=O) groups excluding carboxylic acids is 2. The summed E-state index contributed by atoms with van der Waals surface area (Å²) in [5.41, 5.74) is 7.06. The molecule has 0 aliphatic carbocycles. The zero-order valence-electron chi connectivity index (χ0n) is 20.5. The molecule has 1 amide bonds. The largest absolute Gasteiger partial charge is 0.490 e. The molecule has 0 radical (unpaired) electrons. The molecule has 0 spiro atoms. The van der Waals surface area contributed by atoms with Crippen molar-refractivity contribution in [2.24, 2.45) is 12.8 Å². The second-order valence-corrected chi connectivity index (χ2v) is 8.09. The van der Waals surface area contributed by atoms with E-state index in [4.69, 9.17) is 25.1 Å². The fraction of sp³-hybridized carbons (Fsp3) is 0.318. The molecule has 3 atom stereocenters. The number of carboxylic acid groups (broad SMARTS) is 1. The highest BCUT2D eigenvalue weighted by atomic mass is 19.4. The van der Waals surface area contributed by atoms with E-state index in [0.29, 0.717) is 22.6 Å². The van der Waals surface area contributed by atoms with Crippen LogP contribution in [0, 0.1) is 5.82 Å². The van der Waals surface area contributed by atoms with Gasteiger partial charge in [-0.25, -0.2) is 14.0 Å². The summed E-state index contributed by atoms with van der Waals surface area (Å²) in [5, 5.41) is 18.8. The van der Waals surface area contributed by atoms with E-state index < -0.39 is 48.4 Å². The Bertz CT molecular complexity index is 1360. The van der Waals surface area contributed by atoms with Crippen molar-refractivity contribution in [1.82, 2.24) is 25.2 Å². The van der Waals surface area contributed by atoms with Crippen LogP contribution in [-0.4, -0.2) is 72.9 Å². The number of ether oxygens (including phenoxy) is 2. The number of esters is 1. The average molecular weight is 555 g/mol. The lowest BCUT2D eigenvalue weighted by molar-refractivity contribution is -0.192. The van der Waals surface area contributed by atoms with Crippen molar-refractivity contribution in [3.63, 3.8) is 0 Å². The molecule has 4 rings (SSSR count). The molecular weight excluding hydrogens is 534 g/mol. The maximum absolute atomic E-state index is 14.9. The summed E-state index contributed by atoms with van der Waals surface area (Å²) >= 11 is 0. The zero-order valence-corrected chi connectivity index (χ0v) is 20.5. The van der Waals surface area contributed by atoms with Gasteiger partial charge in [-0.1, -0.05) is 6.07 Å². The number of carboxylic acids is 1. The molecule has 0 saturated carbocycles. The van der Waals surface area contributed by atoms with Gasteiger partial charge in [0, 0.05) is 17.3 Å². The Labute approximate surface area is 217 Å². The molecule has 13 nitrogen and oxygen atoms in total. The minimum absolute atomic E-state index is 0.261. The van der Waals surface area contributed by atoms with Crippen molar-refractivity contribution >= 4 is 23.7 Å². The molecule has 1 aliphatic rings. The SMILES string of the molecule is C[C@H](N)C(=O)OC1OC(=O)N(c2ccc(-c3ccc(-c4nnn(C)n4)nc3)c(F)c2)[C@@H]1C.O=C(O)C(F)(F)F. The van der Waals surface area contributed by atoms with Gasteiger partial charge in [0.05, 0.1) is 12.7 Å². The highest BCUT2D eigenvalue weighted by molar-refractivity contribution is 5.91. The minimum Gasteiger partial charge on any atom is -0.475 e. The lowest BCUT2D eigenvalue weighted by Crippen LogP contribution is -2.39. The van der Waals surface area contributed by atoms with Crippen molar-refractivity contribution in [1.29, 1.82) is 0 Å². The Hall–Kier alpha value is -4.67. The third-order valence-corrected chi connectivity index (χ3v) is 5.10. The van der Waals surface area contributed by atoms with Crippen molar-refractivity contribution in [2.75, 3.05) is 4.90 Å². The molecule has 1 saturated heterocycles. The molecule has 208 valence electrons. The number of nitrogens with zero attached hydrogens (tertiary/aromatic N) is 6. The van der Waals surface area contributed by atoms with Crippen LogP contribution >= 0.6 is 0 Å². The van der Waals surface area contributed by atoms with Crippen molar-refractivity contribution in [2.45, 2.75) is 38.4 Å². The molecule has 1 fully saturated rings. The Morgan fingerprint density at radius 3 is 2.38 bits per heavy atom. The summed E-state index contributed by atoms with van der Waals surface area (Å²) in [7, 11) is 1.64. The first-order valence-corrected chi connectivity index (χ1v) is 11.0. The second kappa shape index (κ2) is 11.4. The quantitative estimate of drug-likeness (QED) is 0.349. The molecule has 3 aromatic rings. The molecular formula is C22H21F4N7O6. The highest BCUT2D eigenvalue weighted by Gasteiger charge is 2.43. The standard InChI is InChI=1S/C20H20FN7O4.C2HF3O2/c1-10(22)18(29)31-19-11(2)28(20(30)32-19)13-5-6-14(15(21)8-13)12-4-7-16(23-9-12)17-24-26-27(3)25-17;3-2(4,5)1(6)7/h4-11,19H,22H2,1-3H3;(H,6,7)/t10-,11+,19?;/m0./s1. The number of hydrogen-bond acceptors (Lipinski definition) is 10. The number of anilines is 1. The number of tetrazole rings is 1. The predicted octanol–water partition coefficient (Wildman–Crippen LogP) is 2.27. The summed E-state index contributed by atoms with van der Waals surface area (Å²) in [6, 6.07) is 6.13. The van der Waals surface area contributed by atoms with Crippen LogP contribution in [0.2, 0.25) is 0 Å². The highest BCUT2D eigenvalue weighted by Crippen LogP contribution is 2.32. The van der Waals surface area contributed by atoms with E-state index in [1.54, 1.807) is 32.2 Å². The van der Waals surface area contributed by atoms with Gasteiger partial charge in [0.15, 0.2) is 0 Å². The molecule has 1 aliphatic heterocycles. The lowest BCUT2D eigenvalue weighted by Gasteiger charge is -2.21. The molecule has 2 aromatic heterocycles. The van der Waals surface area contributed by atoms with Gasteiger partial charge in [0.1, 0.15) is 23.6 Å². The maximum atomic E-state index is 14.9. The van der Waals surface area contributed by atoms with E-state index >= 15 is 0 Å². The number of pyridine rings is 1. The summed E-state index contributed by atoms with van der Waals surface area (Å²) < 4.78 is 56.9. The lowest BCUT2D eigenvalue weighted by atomic mass is 10.1. The van der Waals surface area contributed by atoms with E-state index in [2.05, 4.69) is 20.4 Å². The molecule has 39 heavy (non-hydrogen) atoms. The number of nitrogens with two attached hydrogens (primary N) is 1. The van der Waals surface area contributed by atoms with Gasteiger partial charge in [0.25, 0.3) is 6.29 Å². The van der Waals surface area contributed by atoms with Gasteiger partial charge in [0.2, 0.25) is 5.82 Å². The number of aryl methyl sites for hydroxylation is 1. The molecule has 1 aromatic carbocycles.